The van der Waals surface area contributed by atoms with Gasteiger partial charge in [0.2, 0.25) is 5.91 Å². The summed E-state index contributed by atoms with van der Waals surface area (Å²) in [6.07, 6.45) is 9.07. The maximum absolute atomic E-state index is 12.6. The van der Waals surface area contributed by atoms with Gasteiger partial charge >= 0.3 is 6.03 Å². The minimum absolute atomic E-state index is 0.0851. The molecule has 1 aromatic heterocycles. The summed E-state index contributed by atoms with van der Waals surface area (Å²) >= 11 is 1.48. The third kappa shape index (κ3) is 5.19. The molecule has 1 saturated carbocycles. The lowest BCUT2D eigenvalue weighted by Gasteiger charge is -2.27. The zero-order valence-corrected chi connectivity index (χ0v) is 16.7. The van der Waals surface area contributed by atoms with Crippen LogP contribution in [0.25, 0.3) is 0 Å². The topological polar surface area (TPSA) is 74.3 Å². The molecular weight excluding hydrogens is 348 g/mol. The standard InChI is InChI=1S/C19H30N4O2S/c1-13(2)20-18(25)22-19-21-15-10-11-23(12-16(15)26-19)17(24)9-8-14-6-4-3-5-7-14/h13-14H,3-12H2,1-2H3,(H2,20,21,22,25). The van der Waals surface area contributed by atoms with Crippen LogP contribution < -0.4 is 10.6 Å². The molecule has 0 radical (unpaired) electrons. The lowest BCUT2D eigenvalue weighted by molar-refractivity contribution is -0.132. The third-order valence-electron chi connectivity index (χ3n) is 5.22. The molecular formula is C19H30N4O2S. The first-order chi connectivity index (χ1) is 12.5. The van der Waals surface area contributed by atoms with E-state index in [9.17, 15) is 9.59 Å². The van der Waals surface area contributed by atoms with Crippen LogP contribution in [0.5, 0.6) is 0 Å². The highest BCUT2D eigenvalue weighted by Crippen LogP contribution is 2.30. The van der Waals surface area contributed by atoms with Crippen LogP contribution >= 0.6 is 11.3 Å². The molecule has 0 spiro atoms. The lowest BCUT2D eigenvalue weighted by atomic mass is 9.86. The van der Waals surface area contributed by atoms with Crippen molar-refractivity contribution in [1.29, 1.82) is 0 Å². The Morgan fingerprint density at radius 2 is 2.04 bits per heavy atom. The van der Waals surface area contributed by atoms with Crippen molar-refractivity contribution in [2.75, 3.05) is 11.9 Å². The summed E-state index contributed by atoms with van der Waals surface area (Å²) in [5.74, 6) is 1.01. The van der Waals surface area contributed by atoms with Crippen LogP contribution in [0, 0.1) is 5.92 Å². The number of hydrogen-bond acceptors (Lipinski definition) is 4. The van der Waals surface area contributed by atoms with Crippen molar-refractivity contribution >= 4 is 28.4 Å². The Labute approximate surface area is 159 Å². The van der Waals surface area contributed by atoms with Crippen LogP contribution in [-0.4, -0.2) is 34.4 Å². The van der Waals surface area contributed by atoms with Gasteiger partial charge in [-0.25, -0.2) is 9.78 Å². The first-order valence-corrected chi connectivity index (χ1v) is 10.7. The average molecular weight is 379 g/mol. The number of fused-ring (bicyclic) bond motifs is 1. The fraction of sp³-hybridized carbons (Fsp3) is 0.737. The highest BCUT2D eigenvalue weighted by atomic mass is 32.1. The summed E-state index contributed by atoms with van der Waals surface area (Å²) < 4.78 is 0. The van der Waals surface area contributed by atoms with Crippen molar-refractivity contribution in [3.05, 3.63) is 10.6 Å². The lowest BCUT2D eigenvalue weighted by Crippen LogP contribution is -2.35. The first-order valence-electron chi connectivity index (χ1n) is 9.85. The van der Waals surface area contributed by atoms with Gasteiger partial charge in [-0.1, -0.05) is 43.4 Å². The van der Waals surface area contributed by atoms with Gasteiger partial charge in [0.1, 0.15) is 0 Å². The van der Waals surface area contributed by atoms with Crippen LogP contribution in [0.15, 0.2) is 0 Å². The van der Waals surface area contributed by atoms with Crippen LogP contribution in [-0.2, 0) is 17.8 Å². The number of nitrogens with zero attached hydrogens (tertiary/aromatic N) is 2. The fourth-order valence-corrected chi connectivity index (χ4v) is 4.84. The van der Waals surface area contributed by atoms with Crippen LogP contribution in [0.2, 0.25) is 0 Å². The normalized spacial score (nSPS) is 17.9. The highest BCUT2D eigenvalue weighted by molar-refractivity contribution is 7.15. The summed E-state index contributed by atoms with van der Waals surface area (Å²) in [5, 5.41) is 6.21. The van der Waals surface area contributed by atoms with Gasteiger partial charge in [0.05, 0.1) is 12.2 Å². The molecule has 2 aliphatic rings. The number of rotatable bonds is 5. The van der Waals surface area contributed by atoms with Crippen molar-refractivity contribution in [1.82, 2.24) is 15.2 Å². The molecule has 0 aromatic carbocycles. The Hall–Kier alpha value is -1.63. The quantitative estimate of drug-likeness (QED) is 0.815. The van der Waals surface area contributed by atoms with E-state index < -0.39 is 0 Å². The SMILES string of the molecule is CC(C)NC(=O)Nc1nc2c(s1)CN(C(=O)CCC1CCCCC1)CC2. The number of aromatic nitrogens is 1. The molecule has 2 N–H and O–H groups in total. The predicted molar refractivity (Wildman–Crippen MR) is 104 cm³/mol. The number of hydrogen-bond donors (Lipinski definition) is 2. The molecule has 1 aliphatic heterocycles. The van der Waals surface area contributed by atoms with E-state index in [0.717, 1.165) is 35.9 Å². The largest absolute Gasteiger partial charge is 0.337 e. The Balaban J connectivity index is 1.50. The molecule has 0 unspecified atom stereocenters. The van der Waals surface area contributed by atoms with E-state index in [1.807, 2.05) is 18.7 Å². The number of anilines is 1. The van der Waals surface area contributed by atoms with Crippen molar-refractivity contribution in [2.45, 2.75) is 77.8 Å². The molecule has 6 nitrogen and oxygen atoms in total. The van der Waals surface area contributed by atoms with Gasteiger partial charge in [-0.15, -0.1) is 0 Å². The Morgan fingerprint density at radius 3 is 2.77 bits per heavy atom. The van der Waals surface area contributed by atoms with Crippen LogP contribution in [0.3, 0.4) is 0 Å². The summed E-state index contributed by atoms with van der Waals surface area (Å²) in [5.41, 5.74) is 1.02. The zero-order valence-electron chi connectivity index (χ0n) is 15.8. The second kappa shape index (κ2) is 8.84. The number of nitrogens with one attached hydrogen (secondary N) is 2. The predicted octanol–water partition coefficient (Wildman–Crippen LogP) is 3.92. The summed E-state index contributed by atoms with van der Waals surface area (Å²) in [4.78, 5) is 32.0. The van der Waals surface area contributed by atoms with E-state index in [1.54, 1.807) is 0 Å². The number of carbonyl (C=O) groups excluding carboxylic acids is 2. The molecule has 7 heteroatoms. The van der Waals surface area contributed by atoms with Crippen molar-refractivity contribution in [3.8, 4) is 0 Å². The van der Waals surface area contributed by atoms with Crippen molar-refractivity contribution in [2.24, 2.45) is 5.92 Å². The second-order valence-corrected chi connectivity index (χ2v) is 8.83. The van der Waals surface area contributed by atoms with Gasteiger partial charge in [-0.3, -0.25) is 10.1 Å². The van der Waals surface area contributed by atoms with E-state index in [-0.39, 0.29) is 18.0 Å². The van der Waals surface area contributed by atoms with Crippen molar-refractivity contribution in [3.63, 3.8) is 0 Å². The van der Waals surface area contributed by atoms with Crippen LogP contribution in [0.1, 0.15) is 69.4 Å². The summed E-state index contributed by atoms with van der Waals surface area (Å²) in [6, 6.07) is -0.145. The number of urea groups is 1. The molecule has 144 valence electrons. The smallest absolute Gasteiger partial charge is 0.321 e. The minimum Gasteiger partial charge on any atom is -0.337 e. The fourth-order valence-electron chi connectivity index (χ4n) is 3.82. The molecule has 3 amide bonds. The molecule has 0 atom stereocenters. The Kier molecular flexibility index (Phi) is 6.51. The Bertz CT molecular complexity index is 637. The third-order valence-corrected chi connectivity index (χ3v) is 6.21. The van der Waals surface area contributed by atoms with E-state index in [2.05, 4.69) is 15.6 Å². The van der Waals surface area contributed by atoms with E-state index in [4.69, 9.17) is 0 Å². The van der Waals surface area contributed by atoms with Gasteiger partial charge in [-0.2, -0.15) is 0 Å². The molecule has 1 aliphatic carbocycles. The molecule has 26 heavy (non-hydrogen) atoms. The Morgan fingerprint density at radius 1 is 1.27 bits per heavy atom. The molecule has 3 rings (SSSR count). The molecule has 1 fully saturated rings. The number of thiazole rings is 1. The maximum atomic E-state index is 12.6. The molecule has 1 aromatic rings. The molecule has 0 saturated heterocycles. The summed E-state index contributed by atoms with van der Waals surface area (Å²) in [6.45, 7) is 5.20. The number of carbonyl (C=O) groups is 2. The molecule has 0 bridgehead atoms. The van der Waals surface area contributed by atoms with Crippen molar-refractivity contribution < 1.29 is 9.59 Å². The highest BCUT2D eigenvalue weighted by Gasteiger charge is 2.25. The average Bonchev–Trinajstić information content (AvgIpc) is 3.00. The first kappa shape index (κ1) is 19.1. The maximum Gasteiger partial charge on any atom is 0.321 e. The second-order valence-electron chi connectivity index (χ2n) is 7.75. The zero-order chi connectivity index (χ0) is 18.5. The summed E-state index contributed by atoms with van der Waals surface area (Å²) in [7, 11) is 0. The van der Waals surface area contributed by atoms with Gasteiger partial charge in [-0.05, 0) is 26.2 Å². The van der Waals surface area contributed by atoms with Crippen LogP contribution in [0.4, 0.5) is 9.93 Å². The van der Waals surface area contributed by atoms with Gasteiger partial charge in [0, 0.05) is 30.3 Å². The number of amides is 3. The minimum atomic E-state index is -0.230. The van der Waals surface area contributed by atoms with E-state index in [0.29, 0.717) is 18.1 Å². The van der Waals surface area contributed by atoms with Gasteiger partial charge in [0.15, 0.2) is 5.13 Å². The molecule has 2 heterocycles. The monoisotopic (exact) mass is 378 g/mol. The van der Waals surface area contributed by atoms with E-state index in [1.165, 1.54) is 43.4 Å². The van der Waals surface area contributed by atoms with Gasteiger partial charge < -0.3 is 10.2 Å². The van der Waals surface area contributed by atoms with Gasteiger partial charge in [0.25, 0.3) is 0 Å². The van der Waals surface area contributed by atoms with E-state index >= 15 is 0 Å².